The van der Waals surface area contributed by atoms with Crippen molar-refractivity contribution in [2.75, 3.05) is 19.8 Å². The first-order chi connectivity index (χ1) is 9.31. The molecule has 0 saturated carbocycles. The topological polar surface area (TPSA) is 47.6 Å². The largest absolute Gasteiger partial charge is 0.494 e. The third-order valence-corrected chi connectivity index (χ3v) is 3.11. The minimum atomic E-state index is -0.0936. The van der Waals surface area contributed by atoms with Crippen LogP contribution in [-0.4, -0.2) is 25.7 Å². The summed E-state index contributed by atoms with van der Waals surface area (Å²) in [5, 5.41) is 2.79. The molecule has 0 bridgehead atoms. The van der Waals surface area contributed by atoms with E-state index in [1.54, 1.807) is 6.07 Å². The van der Waals surface area contributed by atoms with Crippen molar-refractivity contribution >= 4 is 5.91 Å². The zero-order chi connectivity index (χ0) is 13.5. The summed E-state index contributed by atoms with van der Waals surface area (Å²) in [4.78, 5) is 11.8. The summed E-state index contributed by atoms with van der Waals surface area (Å²) in [6.45, 7) is 3.93. The minimum Gasteiger partial charge on any atom is -0.494 e. The van der Waals surface area contributed by atoms with Gasteiger partial charge in [-0.1, -0.05) is 26.2 Å². The van der Waals surface area contributed by atoms with Crippen molar-refractivity contribution in [1.82, 2.24) is 5.32 Å². The second-order valence-electron chi connectivity index (χ2n) is 4.67. The van der Waals surface area contributed by atoms with Crippen LogP contribution in [0.5, 0.6) is 11.5 Å². The Hall–Kier alpha value is -1.71. The number of rotatable bonds is 6. The van der Waals surface area contributed by atoms with E-state index in [0.29, 0.717) is 31.1 Å². The van der Waals surface area contributed by atoms with Crippen molar-refractivity contribution < 1.29 is 14.3 Å². The molecule has 1 amide bonds. The lowest BCUT2D eigenvalue weighted by molar-refractivity contribution is 0.0956. The van der Waals surface area contributed by atoms with Gasteiger partial charge in [-0.25, -0.2) is 0 Å². The van der Waals surface area contributed by atoms with Crippen LogP contribution in [0.1, 0.15) is 43.0 Å². The molecular weight excluding hydrogens is 242 g/mol. The predicted molar refractivity (Wildman–Crippen MR) is 73.9 cm³/mol. The molecule has 0 spiro atoms. The zero-order valence-electron chi connectivity index (χ0n) is 11.4. The van der Waals surface area contributed by atoms with E-state index < -0.39 is 0 Å². The maximum absolute atomic E-state index is 11.8. The fourth-order valence-electron chi connectivity index (χ4n) is 2.04. The van der Waals surface area contributed by atoms with Crippen molar-refractivity contribution in [3.63, 3.8) is 0 Å². The molecule has 1 aromatic carbocycles. The molecule has 2 rings (SSSR count). The van der Waals surface area contributed by atoms with Gasteiger partial charge in [-0.3, -0.25) is 4.79 Å². The summed E-state index contributed by atoms with van der Waals surface area (Å²) in [6, 6.07) is 5.43. The van der Waals surface area contributed by atoms with E-state index in [0.717, 1.165) is 12.2 Å². The number of hydrogen-bond acceptors (Lipinski definition) is 3. The number of nitrogens with one attached hydrogen (secondary N) is 1. The van der Waals surface area contributed by atoms with Crippen molar-refractivity contribution in [3.8, 4) is 11.5 Å². The first-order valence-electron chi connectivity index (χ1n) is 6.99. The van der Waals surface area contributed by atoms with E-state index >= 15 is 0 Å². The summed E-state index contributed by atoms with van der Waals surface area (Å²) in [7, 11) is 0. The zero-order valence-corrected chi connectivity index (χ0v) is 11.4. The molecule has 0 atom stereocenters. The maximum atomic E-state index is 11.8. The molecule has 104 valence electrons. The highest BCUT2D eigenvalue weighted by Crippen LogP contribution is 2.25. The Kier molecular flexibility index (Phi) is 5.07. The summed E-state index contributed by atoms with van der Waals surface area (Å²) in [5.74, 6) is 1.27. The number of amides is 1. The summed E-state index contributed by atoms with van der Waals surface area (Å²) in [6.07, 6.45) is 4.69. The average molecular weight is 263 g/mol. The molecular formula is C15H21NO3. The van der Waals surface area contributed by atoms with Crippen LogP contribution in [-0.2, 0) is 0 Å². The second-order valence-corrected chi connectivity index (χ2v) is 4.67. The average Bonchev–Trinajstić information content (AvgIpc) is 2.61. The van der Waals surface area contributed by atoms with E-state index in [1.165, 1.54) is 19.3 Å². The number of hydrogen-bond donors (Lipinski definition) is 1. The van der Waals surface area contributed by atoms with E-state index in [-0.39, 0.29) is 5.91 Å². The number of fused-ring (bicyclic) bond motifs is 1. The third-order valence-electron chi connectivity index (χ3n) is 3.11. The Morgan fingerprint density at radius 1 is 1.32 bits per heavy atom. The number of benzene rings is 1. The Balaban J connectivity index is 1.94. The van der Waals surface area contributed by atoms with Gasteiger partial charge in [0.05, 0.1) is 18.7 Å². The fourth-order valence-corrected chi connectivity index (χ4v) is 2.04. The summed E-state index contributed by atoms with van der Waals surface area (Å²) < 4.78 is 11.2. The van der Waals surface area contributed by atoms with Crippen LogP contribution in [0, 0.1) is 0 Å². The molecule has 0 unspecified atom stereocenters. The Labute approximate surface area is 114 Å². The van der Waals surface area contributed by atoms with Gasteiger partial charge >= 0.3 is 0 Å². The van der Waals surface area contributed by atoms with Crippen LogP contribution < -0.4 is 14.8 Å². The molecule has 0 saturated heterocycles. The number of ether oxygens (including phenoxy) is 2. The molecule has 1 aliphatic rings. The maximum Gasteiger partial charge on any atom is 0.255 e. The first kappa shape index (κ1) is 13.7. The van der Waals surface area contributed by atoms with Gasteiger partial charge < -0.3 is 14.8 Å². The van der Waals surface area contributed by atoms with Crippen LogP contribution in [0.4, 0.5) is 0 Å². The lowest BCUT2D eigenvalue weighted by Crippen LogP contribution is -2.24. The highest BCUT2D eigenvalue weighted by molar-refractivity contribution is 5.97. The molecule has 0 aromatic heterocycles. The second kappa shape index (κ2) is 7.02. The first-order valence-corrected chi connectivity index (χ1v) is 6.99. The van der Waals surface area contributed by atoms with Gasteiger partial charge in [-0.05, 0) is 24.6 Å². The molecule has 0 aliphatic carbocycles. The summed E-state index contributed by atoms with van der Waals surface area (Å²) >= 11 is 0. The monoisotopic (exact) mass is 263 g/mol. The molecule has 1 N–H and O–H groups in total. The highest BCUT2D eigenvalue weighted by Gasteiger charge is 2.16. The van der Waals surface area contributed by atoms with Gasteiger partial charge in [0.2, 0.25) is 0 Å². The van der Waals surface area contributed by atoms with Gasteiger partial charge in [-0.2, -0.15) is 0 Å². The van der Waals surface area contributed by atoms with Gasteiger partial charge in [0, 0.05) is 0 Å². The van der Waals surface area contributed by atoms with Crippen LogP contribution in [0.15, 0.2) is 18.2 Å². The van der Waals surface area contributed by atoms with Gasteiger partial charge in [0.15, 0.2) is 0 Å². The molecule has 4 heteroatoms. The molecule has 1 heterocycles. The number of carbonyl (C=O) groups excluding carboxylic acids is 1. The predicted octanol–water partition coefficient (Wildman–Crippen LogP) is 2.77. The Morgan fingerprint density at radius 3 is 3.05 bits per heavy atom. The molecule has 1 aliphatic heterocycles. The smallest absolute Gasteiger partial charge is 0.255 e. The number of carbonyl (C=O) groups is 1. The van der Waals surface area contributed by atoms with Crippen molar-refractivity contribution in [1.29, 1.82) is 0 Å². The molecule has 4 nitrogen and oxygen atoms in total. The fraction of sp³-hybridized carbons (Fsp3) is 0.533. The molecule has 1 aromatic rings. The van der Waals surface area contributed by atoms with E-state index in [2.05, 4.69) is 12.2 Å². The minimum absolute atomic E-state index is 0.0936. The van der Waals surface area contributed by atoms with E-state index in [4.69, 9.17) is 9.47 Å². The van der Waals surface area contributed by atoms with Gasteiger partial charge in [0.1, 0.15) is 18.1 Å². The van der Waals surface area contributed by atoms with Crippen LogP contribution >= 0.6 is 0 Å². The molecule has 0 fully saturated rings. The Bertz CT molecular complexity index is 431. The quantitative estimate of drug-likeness (QED) is 0.803. The number of unbranched alkanes of at least 4 members (excludes halogenated alkanes) is 3. The van der Waals surface area contributed by atoms with Crippen molar-refractivity contribution in [3.05, 3.63) is 23.8 Å². The Morgan fingerprint density at radius 2 is 2.21 bits per heavy atom. The third kappa shape index (κ3) is 3.88. The normalized spacial score (nSPS) is 14.1. The highest BCUT2D eigenvalue weighted by atomic mass is 16.5. The van der Waals surface area contributed by atoms with Crippen LogP contribution in [0.3, 0.4) is 0 Å². The molecule has 0 radical (unpaired) electrons. The van der Waals surface area contributed by atoms with Crippen LogP contribution in [0.25, 0.3) is 0 Å². The van der Waals surface area contributed by atoms with Gasteiger partial charge in [0.25, 0.3) is 5.91 Å². The summed E-state index contributed by atoms with van der Waals surface area (Å²) in [5.41, 5.74) is 0.559. The van der Waals surface area contributed by atoms with Crippen LogP contribution in [0.2, 0.25) is 0 Å². The SMILES string of the molecule is CCCCCCOc1ccc2c(c1)C(=O)NCCO2. The van der Waals surface area contributed by atoms with Gasteiger partial charge in [-0.15, -0.1) is 0 Å². The van der Waals surface area contributed by atoms with E-state index in [1.807, 2.05) is 12.1 Å². The molecule has 19 heavy (non-hydrogen) atoms. The van der Waals surface area contributed by atoms with E-state index in [9.17, 15) is 4.79 Å². The lowest BCUT2D eigenvalue weighted by Gasteiger charge is -2.09. The standard InChI is InChI=1S/C15H21NO3/c1-2-3-4-5-9-18-12-6-7-14-13(11-12)15(17)16-8-10-19-14/h6-7,11H,2-5,8-10H2,1H3,(H,16,17). The lowest BCUT2D eigenvalue weighted by atomic mass is 10.1. The van der Waals surface area contributed by atoms with Crippen molar-refractivity contribution in [2.24, 2.45) is 0 Å². The van der Waals surface area contributed by atoms with Crippen molar-refractivity contribution in [2.45, 2.75) is 32.6 Å².